The van der Waals surface area contributed by atoms with Gasteiger partial charge in [-0.3, -0.25) is 0 Å². The van der Waals surface area contributed by atoms with Crippen LogP contribution in [-0.2, 0) is 11.3 Å². The first-order valence-electron chi connectivity index (χ1n) is 8.57. The molecule has 1 aliphatic heterocycles. The third-order valence-electron chi connectivity index (χ3n) is 3.88. The Morgan fingerprint density at radius 3 is 2.75 bits per heavy atom. The Morgan fingerprint density at radius 2 is 2.17 bits per heavy atom. The van der Waals surface area contributed by atoms with Crippen LogP contribution in [0.3, 0.4) is 0 Å². The number of hydrogen-bond acceptors (Lipinski definition) is 6. The van der Waals surface area contributed by atoms with E-state index in [1.165, 1.54) is 0 Å². The van der Waals surface area contributed by atoms with Gasteiger partial charge in [0.15, 0.2) is 5.76 Å². The standard InChI is InChI=1S/C17H29N3O4/c1-12(21)10-18-11-14-9-15(19-24-14)13-5-7-20(8-6-13)16(22)23-17(2,3)4/h9,12-13,18,21H,5-8,10-11H2,1-4H3/t12-/m1/s1. The minimum absolute atomic E-state index is 0.246. The third-order valence-corrected chi connectivity index (χ3v) is 3.88. The molecule has 0 unspecified atom stereocenters. The summed E-state index contributed by atoms with van der Waals surface area (Å²) in [6, 6.07) is 1.96. The van der Waals surface area contributed by atoms with Gasteiger partial charge in [-0.25, -0.2) is 4.79 Å². The van der Waals surface area contributed by atoms with Crippen molar-refractivity contribution in [1.29, 1.82) is 0 Å². The number of amides is 1. The van der Waals surface area contributed by atoms with Gasteiger partial charge in [-0.05, 0) is 40.5 Å². The van der Waals surface area contributed by atoms with Gasteiger partial charge in [0.2, 0.25) is 0 Å². The highest BCUT2D eigenvalue weighted by molar-refractivity contribution is 5.68. The zero-order chi connectivity index (χ0) is 17.7. The van der Waals surface area contributed by atoms with Gasteiger partial charge < -0.3 is 24.6 Å². The van der Waals surface area contributed by atoms with Crippen LogP contribution in [0.5, 0.6) is 0 Å². The number of carbonyl (C=O) groups excluding carboxylic acids is 1. The fraction of sp³-hybridized carbons (Fsp3) is 0.765. The largest absolute Gasteiger partial charge is 0.444 e. The lowest BCUT2D eigenvalue weighted by Gasteiger charge is -2.32. The van der Waals surface area contributed by atoms with Gasteiger partial charge >= 0.3 is 6.09 Å². The number of aromatic nitrogens is 1. The second kappa shape index (κ2) is 7.98. The summed E-state index contributed by atoms with van der Waals surface area (Å²) in [6.45, 7) is 9.76. The number of ether oxygens (including phenoxy) is 1. The highest BCUT2D eigenvalue weighted by Gasteiger charge is 2.28. The zero-order valence-electron chi connectivity index (χ0n) is 15.0. The number of likely N-dealkylation sites (tertiary alicyclic amines) is 1. The first-order chi connectivity index (χ1) is 11.2. The predicted octanol–water partition coefficient (Wildman–Crippen LogP) is 2.26. The summed E-state index contributed by atoms with van der Waals surface area (Å²) >= 11 is 0. The Morgan fingerprint density at radius 1 is 1.50 bits per heavy atom. The molecule has 1 aliphatic rings. The highest BCUT2D eigenvalue weighted by atomic mass is 16.6. The van der Waals surface area contributed by atoms with Crippen molar-refractivity contribution in [1.82, 2.24) is 15.4 Å². The fourth-order valence-corrected chi connectivity index (χ4v) is 2.69. The molecule has 1 aromatic rings. The summed E-state index contributed by atoms with van der Waals surface area (Å²) in [5, 5.41) is 16.5. The van der Waals surface area contributed by atoms with Crippen LogP contribution < -0.4 is 5.32 Å². The summed E-state index contributed by atoms with van der Waals surface area (Å²) in [7, 11) is 0. The smallest absolute Gasteiger partial charge is 0.410 e. The zero-order valence-corrected chi connectivity index (χ0v) is 15.0. The topological polar surface area (TPSA) is 87.8 Å². The monoisotopic (exact) mass is 339 g/mol. The van der Waals surface area contributed by atoms with Crippen molar-refractivity contribution >= 4 is 6.09 Å². The Hall–Kier alpha value is -1.60. The fourth-order valence-electron chi connectivity index (χ4n) is 2.69. The highest BCUT2D eigenvalue weighted by Crippen LogP contribution is 2.28. The van der Waals surface area contributed by atoms with Gasteiger partial charge in [0.05, 0.1) is 18.3 Å². The first kappa shape index (κ1) is 18.7. The van der Waals surface area contributed by atoms with Gasteiger partial charge in [0.1, 0.15) is 5.60 Å². The van der Waals surface area contributed by atoms with E-state index >= 15 is 0 Å². The summed E-state index contributed by atoms with van der Waals surface area (Å²) in [5.74, 6) is 1.07. The molecule has 0 aliphatic carbocycles. The second-order valence-corrected chi connectivity index (χ2v) is 7.44. The predicted molar refractivity (Wildman–Crippen MR) is 89.7 cm³/mol. The lowest BCUT2D eigenvalue weighted by Crippen LogP contribution is -2.41. The molecule has 1 atom stereocenters. The number of carbonyl (C=O) groups is 1. The summed E-state index contributed by atoms with van der Waals surface area (Å²) < 4.78 is 10.8. The molecule has 24 heavy (non-hydrogen) atoms. The SMILES string of the molecule is C[C@@H](O)CNCc1cc(C2CCN(C(=O)OC(C)(C)C)CC2)no1. The van der Waals surface area contributed by atoms with Crippen LogP contribution in [0, 0.1) is 0 Å². The lowest BCUT2D eigenvalue weighted by atomic mass is 9.93. The van der Waals surface area contributed by atoms with E-state index in [1.54, 1.807) is 11.8 Å². The molecule has 0 radical (unpaired) electrons. The second-order valence-electron chi connectivity index (χ2n) is 7.44. The minimum Gasteiger partial charge on any atom is -0.444 e. The van der Waals surface area contributed by atoms with Crippen molar-refractivity contribution in [2.24, 2.45) is 0 Å². The number of piperidine rings is 1. The third kappa shape index (κ3) is 5.79. The molecule has 0 aromatic carbocycles. The Kier molecular flexibility index (Phi) is 6.23. The molecule has 1 amide bonds. The quantitative estimate of drug-likeness (QED) is 0.855. The maximum absolute atomic E-state index is 12.1. The Balaban J connectivity index is 1.80. The molecule has 7 nitrogen and oxygen atoms in total. The maximum atomic E-state index is 12.1. The molecule has 0 saturated carbocycles. The van der Waals surface area contributed by atoms with Crippen LogP contribution in [0.1, 0.15) is 57.9 Å². The van der Waals surface area contributed by atoms with Crippen LogP contribution in [0.25, 0.3) is 0 Å². The number of aliphatic hydroxyl groups is 1. The lowest BCUT2D eigenvalue weighted by molar-refractivity contribution is 0.0203. The average Bonchev–Trinajstić information content (AvgIpc) is 2.94. The maximum Gasteiger partial charge on any atom is 0.410 e. The van der Waals surface area contributed by atoms with Gasteiger partial charge in [0, 0.05) is 31.6 Å². The van der Waals surface area contributed by atoms with Crippen LogP contribution in [0.4, 0.5) is 4.79 Å². The minimum atomic E-state index is -0.464. The molecule has 2 rings (SSSR count). The van der Waals surface area contributed by atoms with E-state index in [4.69, 9.17) is 9.26 Å². The van der Waals surface area contributed by atoms with Gasteiger partial charge in [-0.1, -0.05) is 5.16 Å². The normalized spacial score (nSPS) is 17.8. The summed E-state index contributed by atoms with van der Waals surface area (Å²) in [6.07, 6.45) is 1.08. The van der Waals surface area contributed by atoms with Crippen molar-refractivity contribution < 1.29 is 19.2 Å². The molecule has 1 fully saturated rings. The molecule has 2 heterocycles. The number of aliphatic hydroxyl groups excluding tert-OH is 1. The number of nitrogens with one attached hydrogen (secondary N) is 1. The van der Waals surface area contributed by atoms with Crippen molar-refractivity contribution in [2.75, 3.05) is 19.6 Å². The molecule has 7 heteroatoms. The molecule has 136 valence electrons. The number of nitrogens with zero attached hydrogens (tertiary/aromatic N) is 2. The van der Waals surface area contributed by atoms with Crippen LogP contribution in [0.15, 0.2) is 10.6 Å². The first-order valence-corrected chi connectivity index (χ1v) is 8.57. The van der Waals surface area contributed by atoms with E-state index in [9.17, 15) is 9.90 Å². The Labute approximate surface area is 143 Å². The van der Waals surface area contributed by atoms with Crippen molar-refractivity contribution in [3.8, 4) is 0 Å². The van der Waals surface area contributed by atoms with Crippen molar-refractivity contribution in [3.05, 3.63) is 17.5 Å². The number of hydrogen-bond donors (Lipinski definition) is 2. The van der Waals surface area contributed by atoms with E-state index in [2.05, 4.69) is 10.5 Å². The summed E-state index contributed by atoms with van der Waals surface area (Å²) in [4.78, 5) is 13.8. The van der Waals surface area contributed by atoms with Crippen LogP contribution >= 0.6 is 0 Å². The van der Waals surface area contributed by atoms with Gasteiger partial charge in [0.25, 0.3) is 0 Å². The molecule has 2 N–H and O–H groups in total. The van der Waals surface area contributed by atoms with Crippen molar-refractivity contribution in [3.63, 3.8) is 0 Å². The number of rotatable bonds is 5. The molecule has 1 aromatic heterocycles. The summed E-state index contributed by atoms with van der Waals surface area (Å²) in [5.41, 5.74) is 0.473. The molecule has 0 bridgehead atoms. The van der Waals surface area contributed by atoms with E-state index in [-0.39, 0.29) is 12.2 Å². The van der Waals surface area contributed by atoms with E-state index in [0.29, 0.717) is 32.1 Å². The van der Waals surface area contributed by atoms with Crippen LogP contribution in [0.2, 0.25) is 0 Å². The molecular weight excluding hydrogens is 310 g/mol. The van der Waals surface area contributed by atoms with Crippen LogP contribution in [-0.4, -0.2) is 52.6 Å². The van der Waals surface area contributed by atoms with E-state index in [0.717, 1.165) is 24.3 Å². The average molecular weight is 339 g/mol. The van der Waals surface area contributed by atoms with E-state index < -0.39 is 5.60 Å². The molecule has 0 spiro atoms. The Bertz CT molecular complexity index is 528. The van der Waals surface area contributed by atoms with Gasteiger partial charge in [-0.2, -0.15) is 0 Å². The molecule has 1 saturated heterocycles. The molecular formula is C17H29N3O4. The van der Waals surface area contributed by atoms with Gasteiger partial charge in [-0.15, -0.1) is 0 Å². The van der Waals surface area contributed by atoms with E-state index in [1.807, 2.05) is 26.8 Å². The van der Waals surface area contributed by atoms with Crippen molar-refractivity contribution in [2.45, 2.75) is 64.7 Å².